The lowest BCUT2D eigenvalue weighted by Crippen LogP contribution is -2.47. The molecule has 2 aliphatic rings. The SMILES string of the molecule is COc1ccc(/C=C2/C(=O)N(C3CCCC3)C(=O)C(C#N)=C2C)cc1OC. The van der Waals surface area contributed by atoms with E-state index in [0.29, 0.717) is 22.6 Å². The molecule has 6 heteroatoms. The Morgan fingerprint density at radius 3 is 2.37 bits per heavy atom. The third-order valence-electron chi connectivity index (χ3n) is 5.18. The van der Waals surface area contributed by atoms with Gasteiger partial charge in [-0.05, 0) is 49.1 Å². The van der Waals surface area contributed by atoms with Gasteiger partial charge in [-0.25, -0.2) is 0 Å². The van der Waals surface area contributed by atoms with Crippen LogP contribution in [0.4, 0.5) is 0 Å². The normalized spacial score (nSPS) is 19.6. The van der Waals surface area contributed by atoms with Crippen LogP contribution in [0.15, 0.2) is 34.9 Å². The van der Waals surface area contributed by atoms with Crippen LogP contribution in [0, 0.1) is 11.3 Å². The average molecular weight is 366 g/mol. The van der Waals surface area contributed by atoms with Crippen LogP contribution in [-0.2, 0) is 9.59 Å². The van der Waals surface area contributed by atoms with E-state index in [4.69, 9.17) is 9.47 Å². The molecule has 1 saturated carbocycles. The van der Waals surface area contributed by atoms with Crippen LogP contribution in [0.25, 0.3) is 6.08 Å². The number of nitriles is 1. The molecule has 0 spiro atoms. The largest absolute Gasteiger partial charge is 0.493 e. The quantitative estimate of drug-likeness (QED) is 0.604. The molecule has 2 amide bonds. The third kappa shape index (κ3) is 3.33. The molecule has 1 aliphatic carbocycles. The summed E-state index contributed by atoms with van der Waals surface area (Å²) in [6, 6.07) is 7.17. The van der Waals surface area contributed by atoms with E-state index in [2.05, 4.69) is 0 Å². The number of hydrogen-bond acceptors (Lipinski definition) is 5. The zero-order valence-electron chi connectivity index (χ0n) is 15.7. The first-order chi connectivity index (χ1) is 13.0. The van der Waals surface area contributed by atoms with Crippen LogP contribution in [0.2, 0.25) is 0 Å². The van der Waals surface area contributed by atoms with Crippen molar-refractivity contribution >= 4 is 17.9 Å². The zero-order valence-corrected chi connectivity index (χ0v) is 15.7. The highest BCUT2D eigenvalue weighted by atomic mass is 16.5. The molecule has 0 saturated heterocycles. The van der Waals surface area contributed by atoms with E-state index in [9.17, 15) is 14.9 Å². The molecular formula is C21H22N2O4. The third-order valence-corrected chi connectivity index (χ3v) is 5.18. The van der Waals surface area contributed by atoms with Gasteiger partial charge < -0.3 is 9.47 Å². The van der Waals surface area contributed by atoms with Gasteiger partial charge in [0.2, 0.25) is 0 Å². The lowest BCUT2D eigenvalue weighted by atomic mass is 9.92. The molecule has 0 aromatic heterocycles. The van der Waals surface area contributed by atoms with Crippen molar-refractivity contribution in [1.82, 2.24) is 4.90 Å². The van der Waals surface area contributed by atoms with Gasteiger partial charge in [0.25, 0.3) is 11.8 Å². The first kappa shape index (κ1) is 18.7. The van der Waals surface area contributed by atoms with Crippen molar-refractivity contribution in [1.29, 1.82) is 5.26 Å². The maximum atomic E-state index is 13.1. The maximum absolute atomic E-state index is 13.1. The summed E-state index contributed by atoms with van der Waals surface area (Å²) in [6.45, 7) is 1.65. The molecule has 1 aliphatic heterocycles. The van der Waals surface area contributed by atoms with Crippen LogP contribution in [0.1, 0.15) is 38.2 Å². The number of carbonyl (C=O) groups is 2. The van der Waals surface area contributed by atoms with Crippen molar-refractivity contribution < 1.29 is 19.1 Å². The average Bonchev–Trinajstić information content (AvgIpc) is 3.19. The summed E-state index contributed by atoms with van der Waals surface area (Å²) in [6.07, 6.45) is 5.26. The van der Waals surface area contributed by atoms with Gasteiger partial charge in [0.15, 0.2) is 11.5 Å². The standard InChI is InChI=1S/C21H22N2O4/c1-13-16(10-14-8-9-18(26-2)19(11-14)27-3)20(24)23(15-6-4-5-7-15)21(25)17(13)12-22/h8-11,15H,4-7H2,1-3H3/b16-10+. The van der Waals surface area contributed by atoms with Crippen molar-refractivity contribution in [3.05, 3.63) is 40.5 Å². The highest BCUT2D eigenvalue weighted by Gasteiger charge is 2.40. The second-order valence-corrected chi connectivity index (χ2v) is 6.70. The number of benzene rings is 1. The second-order valence-electron chi connectivity index (χ2n) is 6.70. The van der Waals surface area contributed by atoms with E-state index in [1.165, 1.54) is 4.90 Å². The summed E-state index contributed by atoms with van der Waals surface area (Å²) >= 11 is 0. The van der Waals surface area contributed by atoms with E-state index >= 15 is 0 Å². The monoisotopic (exact) mass is 366 g/mol. The van der Waals surface area contributed by atoms with Gasteiger partial charge in [-0.1, -0.05) is 18.9 Å². The predicted octanol–water partition coefficient (Wildman–Crippen LogP) is 3.24. The summed E-state index contributed by atoms with van der Waals surface area (Å²) in [7, 11) is 3.10. The Hall–Kier alpha value is -3.07. The lowest BCUT2D eigenvalue weighted by molar-refractivity contribution is -0.143. The molecular weight excluding hydrogens is 344 g/mol. The van der Waals surface area contributed by atoms with E-state index in [1.807, 2.05) is 6.07 Å². The van der Waals surface area contributed by atoms with Crippen molar-refractivity contribution in [3.8, 4) is 17.6 Å². The second kappa shape index (κ2) is 7.67. The summed E-state index contributed by atoms with van der Waals surface area (Å²) in [5, 5.41) is 9.48. The summed E-state index contributed by atoms with van der Waals surface area (Å²) < 4.78 is 10.6. The smallest absolute Gasteiger partial charge is 0.271 e. The molecule has 1 heterocycles. The number of imide groups is 1. The summed E-state index contributed by atoms with van der Waals surface area (Å²) in [4.78, 5) is 27.1. The Bertz CT molecular complexity index is 886. The first-order valence-electron chi connectivity index (χ1n) is 8.94. The Morgan fingerprint density at radius 2 is 1.78 bits per heavy atom. The van der Waals surface area contributed by atoms with Gasteiger partial charge >= 0.3 is 0 Å². The van der Waals surface area contributed by atoms with E-state index < -0.39 is 5.91 Å². The predicted molar refractivity (Wildman–Crippen MR) is 99.9 cm³/mol. The molecule has 3 rings (SSSR count). The number of hydrogen-bond donors (Lipinski definition) is 0. The minimum atomic E-state index is -0.476. The van der Waals surface area contributed by atoms with Gasteiger partial charge in [-0.2, -0.15) is 5.26 Å². The number of ether oxygens (including phenoxy) is 2. The minimum Gasteiger partial charge on any atom is -0.493 e. The molecule has 140 valence electrons. The van der Waals surface area contributed by atoms with E-state index in [1.54, 1.807) is 45.4 Å². The van der Waals surface area contributed by atoms with Gasteiger partial charge in [-0.15, -0.1) is 0 Å². The molecule has 0 radical (unpaired) electrons. The number of amides is 2. The zero-order chi connectivity index (χ0) is 19.6. The Morgan fingerprint density at radius 1 is 1.11 bits per heavy atom. The summed E-state index contributed by atoms with van der Waals surface area (Å²) in [5.74, 6) is 0.317. The van der Waals surface area contributed by atoms with Crippen molar-refractivity contribution in [2.45, 2.75) is 38.6 Å². The number of methoxy groups -OCH3 is 2. The molecule has 0 bridgehead atoms. The van der Waals surface area contributed by atoms with Crippen LogP contribution >= 0.6 is 0 Å². The molecule has 0 N–H and O–H groups in total. The Labute approximate surface area is 158 Å². The summed E-state index contributed by atoms with van der Waals surface area (Å²) in [5.41, 5.74) is 1.54. The fourth-order valence-electron chi connectivity index (χ4n) is 3.70. The van der Waals surface area contributed by atoms with E-state index in [0.717, 1.165) is 31.2 Å². The highest BCUT2D eigenvalue weighted by molar-refractivity contribution is 6.19. The number of nitrogens with zero attached hydrogens (tertiary/aromatic N) is 2. The number of rotatable bonds is 4. The molecule has 27 heavy (non-hydrogen) atoms. The topological polar surface area (TPSA) is 79.6 Å². The highest BCUT2D eigenvalue weighted by Crippen LogP contribution is 2.34. The molecule has 0 unspecified atom stereocenters. The van der Waals surface area contributed by atoms with Crippen LogP contribution in [-0.4, -0.2) is 37.0 Å². The fourth-order valence-corrected chi connectivity index (χ4v) is 3.70. The Kier molecular flexibility index (Phi) is 5.31. The van der Waals surface area contributed by atoms with Gasteiger partial charge in [0.05, 0.1) is 14.2 Å². The minimum absolute atomic E-state index is 0.0354. The van der Waals surface area contributed by atoms with Crippen molar-refractivity contribution in [2.24, 2.45) is 0 Å². The van der Waals surface area contributed by atoms with E-state index in [-0.39, 0.29) is 17.5 Å². The fraction of sp³-hybridized carbons (Fsp3) is 0.381. The van der Waals surface area contributed by atoms with Crippen LogP contribution in [0.5, 0.6) is 11.5 Å². The lowest BCUT2D eigenvalue weighted by Gasteiger charge is -2.32. The van der Waals surface area contributed by atoms with Crippen LogP contribution in [0.3, 0.4) is 0 Å². The molecule has 0 atom stereocenters. The van der Waals surface area contributed by atoms with Gasteiger partial charge in [-0.3, -0.25) is 14.5 Å². The maximum Gasteiger partial charge on any atom is 0.271 e. The first-order valence-corrected chi connectivity index (χ1v) is 8.94. The number of carbonyl (C=O) groups excluding carboxylic acids is 2. The molecule has 1 aromatic carbocycles. The van der Waals surface area contributed by atoms with Gasteiger partial charge in [0, 0.05) is 11.6 Å². The molecule has 6 nitrogen and oxygen atoms in total. The van der Waals surface area contributed by atoms with Crippen molar-refractivity contribution in [2.75, 3.05) is 14.2 Å². The van der Waals surface area contributed by atoms with Crippen LogP contribution < -0.4 is 9.47 Å². The Balaban J connectivity index is 2.08. The molecule has 1 fully saturated rings. The van der Waals surface area contributed by atoms with Gasteiger partial charge in [0.1, 0.15) is 11.6 Å². The van der Waals surface area contributed by atoms with Crippen molar-refractivity contribution in [3.63, 3.8) is 0 Å². The molecule has 1 aromatic rings.